The predicted molar refractivity (Wildman–Crippen MR) is 75.4 cm³/mol. The third-order valence-electron chi connectivity index (χ3n) is 3.25. The SMILES string of the molecule is C.Cc1cc(N[C@@H]2C[C@H](CO)[C@@H](O[P+](=O)O)C2)ncn1. The molecule has 0 bridgehead atoms. The zero-order chi connectivity index (χ0) is 13.8. The summed E-state index contributed by atoms with van der Waals surface area (Å²) >= 11 is 0. The molecule has 0 amide bonds. The van der Waals surface area contributed by atoms with Gasteiger partial charge in [-0.25, -0.2) is 9.97 Å². The number of hydrogen-bond acceptors (Lipinski definition) is 6. The average Bonchev–Trinajstić information content (AvgIpc) is 2.70. The molecule has 1 fully saturated rings. The number of nitrogens with zero attached hydrogens (tertiary/aromatic N) is 2. The van der Waals surface area contributed by atoms with Crippen molar-refractivity contribution < 1.29 is 19.1 Å². The number of anilines is 1. The Labute approximate surface area is 119 Å². The van der Waals surface area contributed by atoms with Crippen molar-refractivity contribution in [3.8, 4) is 0 Å². The van der Waals surface area contributed by atoms with Crippen LogP contribution in [0.4, 0.5) is 5.82 Å². The molecule has 0 radical (unpaired) electrons. The number of aliphatic hydroxyl groups excluding tert-OH is 1. The second-order valence-corrected chi connectivity index (χ2v) is 5.37. The second kappa shape index (κ2) is 7.59. The zero-order valence-corrected chi connectivity index (χ0v) is 11.5. The maximum atomic E-state index is 10.7. The molecule has 0 spiro atoms. The summed E-state index contributed by atoms with van der Waals surface area (Å²) in [5.74, 6) is 0.578. The minimum Gasteiger partial charge on any atom is -0.396 e. The molecule has 1 unspecified atom stereocenters. The summed E-state index contributed by atoms with van der Waals surface area (Å²) in [6, 6.07) is 1.89. The van der Waals surface area contributed by atoms with Crippen LogP contribution in [0.5, 0.6) is 0 Å². The quantitative estimate of drug-likeness (QED) is 0.710. The molecule has 0 saturated heterocycles. The minimum absolute atomic E-state index is 0. The molecule has 4 atom stereocenters. The first kappa shape index (κ1) is 16.9. The smallest absolute Gasteiger partial charge is 0.396 e. The summed E-state index contributed by atoms with van der Waals surface area (Å²) in [7, 11) is -2.64. The molecule has 1 aromatic heterocycles. The lowest BCUT2D eigenvalue weighted by Crippen LogP contribution is -2.18. The van der Waals surface area contributed by atoms with Gasteiger partial charge in [0.05, 0.1) is 0 Å². The predicted octanol–water partition coefficient (Wildman–Crippen LogP) is 1.64. The molecule has 8 heteroatoms. The van der Waals surface area contributed by atoms with Crippen molar-refractivity contribution in [3.63, 3.8) is 0 Å². The first-order valence-electron chi connectivity index (χ1n) is 6.07. The summed E-state index contributed by atoms with van der Waals surface area (Å²) in [4.78, 5) is 16.9. The Bertz CT molecular complexity index is 460. The Kier molecular flexibility index (Phi) is 6.42. The highest BCUT2D eigenvalue weighted by molar-refractivity contribution is 7.32. The van der Waals surface area contributed by atoms with E-state index in [0.717, 1.165) is 5.69 Å². The molecule has 7 nitrogen and oxygen atoms in total. The van der Waals surface area contributed by atoms with E-state index in [2.05, 4.69) is 15.3 Å². The normalized spacial score (nSPS) is 25.9. The number of aliphatic hydroxyl groups is 1. The Morgan fingerprint density at radius 3 is 2.85 bits per heavy atom. The molecule has 3 N–H and O–H groups in total. The molecule has 1 aromatic rings. The van der Waals surface area contributed by atoms with E-state index in [9.17, 15) is 9.67 Å². The van der Waals surface area contributed by atoms with Crippen LogP contribution in [0.2, 0.25) is 0 Å². The summed E-state index contributed by atoms with van der Waals surface area (Å²) < 4.78 is 15.7. The third kappa shape index (κ3) is 4.45. The number of aryl methyl sites for hydroxylation is 1. The van der Waals surface area contributed by atoms with Gasteiger partial charge in [0.2, 0.25) is 0 Å². The van der Waals surface area contributed by atoms with E-state index >= 15 is 0 Å². The Morgan fingerprint density at radius 2 is 2.25 bits per heavy atom. The highest BCUT2D eigenvalue weighted by Gasteiger charge is 2.40. The molecule has 0 aromatic carbocycles. The average molecular weight is 302 g/mol. The Balaban J connectivity index is 0.00000200. The summed E-state index contributed by atoms with van der Waals surface area (Å²) in [5, 5.41) is 12.5. The fourth-order valence-electron chi connectivity index (χ4n) is 2.38. The number of hydrogen-bond donors (Lipinski definition) is 3. The number of nitrogens with one attached hydrogen (secondary N) is 1. The Morgan fingerprint density at radius 1 is 1.50 bits per heavy atom. The van der Waals surface area contributed by atoms with Gasteiger partial charge in [0.25, 0.3) is 0 Å². The molecule has 2 rings (SSSR count). The van der Waals surface area contributed by atoms with Gasteiger partial charge in [0.15, 0.2) is 0 Å². The van der Waals surface area contributed by atoms with Crippen LogP contribution in [0, 0.1) is 12.8 Å². The molecule has 20 heavy (non-hydrogen) atoms. The molecule has 1 saturated carbocycles. The van der Waals surface area contributed by atoms with Crippen LogP contribution in [0.25, 0.3) is 0 Å². The lowest BCUT2D eigenvalue weighted by Gasteiger charge is -2.12. The largest absolute Gasteiger partial charge is 0.695 e. The zero-order valence-electron chi connectivity index (χ0n) is 10.6. The van der Waals surface area contributed by atoms with E-state index in [1.54, 1.807) is 0 Å². The van der Waals surface area contributed by atoms with Gasteiger partial charge < -0.3 is 10.4 Å². The van der Waals surface area contributed by atoms with Gasteiger partial charge in [-0.15, -0.1) is 9.42 Å². The van der Waals surface area contributed by atoms with Crippen LogP contribution in [-0.2, 0) is 9.09 Å². The van der Waals surface area contributed by atoms with E-state index in [1.807, 2.05) is 13.0 Å². The van der Waals surface area contributed by atoms with E-state index in [-0.39, 0.29) is 26.0 Å². The van der Waals surface area contributed by atoms with E-state index in [1.165, 1.54) is 6.33 Å². The fourth-order valence-corrected chi connectivity index (χ4v) is 2.87. The fraction of sp³-hybridized carbons (Fsp3) is 0.667. The van der Waals surface area contributed by atoms with Crippen molar-refractivity contribution in [1.29, 1.82) is 0 Å². The topological polar surface area (TPSA) is 105 Å². The van der Waals surface area contributed by atoms with E-state index in [0.29, 0.717) is 18.7 Å². The van der Waals surface area contributed by atoms with Crippen LogP contribution in [0.3, 0.4) is 0 Å². The van der Waals surface area contributed by atoms with Crippen LogP contribution in [0.15, 0.2) is 12.4 Å². The van der Waals surface area contributed by atoms with E-state index in [4.69, 9.17) is 9.42 Å². The molecule has 1 aliphatic carbocycles. The lowest BCUT2D eigenvalue weighted by atomic mass is 10.1. The molecule has 0 aliphatic heterocycles. The van der Waals surface area contributed by atoms with Gasteiger partial charge >= 0.3 is 8.25 Å². The van der Waals surface area contributed by atoms with Crippen LogP contribution in [-0.4, -0.2) is 38.7 Å². The van der Waals surface area contributed by atoms with Crippen LogP contribution in [0.1, 0.15) is 26.0 Å². The standard InChI is InChI=1S/C11H16N3O4P.CH4/c1-7-2-11(13-6-12-7)14-9-3-8(5-15)10(4-9)18-19(16)17;/h2,6,8-10,15H,3-5H2,1H3,(H-,12,13,14,16,17);1H4/p+1/t8-,9-,10+;/m1./s1. The summed E-state index contributed by atoms with van der Waals surface area (Å²) in [5.41, 5.74) is 0.862. The summed E-state index contributed by atoms with van der Waals surface area (Å²) in [6.07, 6.45) is 2.32. The molecular formula is C12H21N3O4P+. The van der Waals surface area contributed by atoms with Crippen molar-refractivity contribution in [1.82, 2.24) is 9.97 Å². The molecule has 1 aliphatic rings. The monoisotopic (exact) mass is 302 g/mol. The number of rotatable bonds is 5. The molecule has 1 heterocycles. The van der Waals surface area contributed by atoms with Crippen molar-refractivity contribution in [2.45, 2.75) is 39.3 Å². The van der Waals surface area contributed by atoms with Crippen LogP contribution >= 0.6 is 8.25 Å². The van der Waals surface area contributed by atoms with Crippen molar-refractivity contribution in [2.24, 2.45) is 5.92 Å². The van der Waals surface area contributed by atoms with E-state index < -0.39 is 14.4 Å². The minimum atomic E-state index is -2.64. The number of aromatic nitrogens is 2. The first-order valence-corrected chi connectivity index (χ1v) is 7.20. The van der Waals surface area contributed by atoms with Crippen molar-refractivity contribution >= 4 is 14.1 Å². The van der Waals surface area contributed by atoms with Crippen molar-refractivity contribution in [2.75, 3.05) is 11.9 Å². The van der Waals surface area contributed by atoms with Gasteiger partial charge in [0.1, 0.15) is 18.2 Å². The lowest BCUT2D eigenvalue weighted by molar-refractivity contribution is 0.106. The molecular weight excluding hydrogens is 281 g/mol. The van der Waals surface area contributed by atoms with Gasteiger partial charge in [-0.1, -0.05) is 7.43 Å². The highest BCUT2D eigenvalue weighted by atomic mass is 31.1. The van der Waals surface area contributed by atoms with Gasteiger partial charge in [-0.2, -0.15) is 0 Å². The molecule has 112 valence electrons. The third-order valence-corrected chi connectivity index (χ3v) is 3.70. The maximum absolute atomic E-state index is 10.7. The summed E-state index contributed by atoms with van der Waals surface area (Å²) in [6.45, 7) is 1.81. The first-order chi connectivity index (χ1) is 9.08. The van der Waals surface area contributed by atoms with Gasteiger partial charge in [0, 0.05) is 34.9 Å². The van der Waals surface area contributed by atoms with Crippen molar-refractivity contribution in [3.05, 3.63) is 18.1 Å². The second-order valence-electron chi connectivity index (χ2n) is 4.68. The highest BCUT2D eigenvalue weighted by Crippen LogP contribution is 2.35. The van der Waals surface area contributed by atoms with Crippen LogP contribution < -0.4 is 5.32 Å². The Hall–Kier alpha value is -1.14. The van der Waals surface area contributed by atoms with Gasteiger partial charge in [-0.3, -0.25) is 0 Å². The maximum Gasteiger partial charge on any atom is 0.695 e. The van der Waals surface area contributed by atoms with Gasteiger partial charge in [-0.05, 0) is 19.8 Å².